The number of fused-ring (bicyclic) bond motifs is 1. The summed E-state index contributed by atoms with van der Waals surface area (Å²) in [4.78, 5) is 12.8. The highest BCUT2D eigenvalue weighted by molar-refractivity contribution is 5.84. The van der Waals surface area contributed by atoms with Gasteiger partial charge in [-0.15, -0.1) is 0 Å². The third-order valence-corrected chi connectivity index (χ3v) is 8.33. The smallest absolute Gasteiger partial charge is 0.140 e. The number of hydrogen-bond donors (Lipinski definition) is 0. The van der Waals surface area contributed by atoms with Crippen molar-refractivity contribution in [2.24, 2.45) is 23.2 Å². The predicted octanol–water partition coefficient (Wildman–Crippen LogP) is 7.58. The Morgan fingerprint density at radius 2 is 1.53 bits per heavy atom. The van der Waals surface area contributed by atoms with Crippen molar-refractivity contribution < 1.29 is 14.3 Å². The van der Waals surface area contributed by atoms with E-state index >= 15 is 0 Å². The first-order valence-corrected chi connectivity index (χ1v) is 13.2. The second-order valence-corrected chi connectivity index (χ2v) is 10.7. The normalized spacial score (nSPS) is 25.3. The highest BCUT2D eigenvalue weighted by atomic mass is 16.5. The maximum atomic E-state index is 12.8. The topological polar surface area (TPSA) is 35.5 Å². The van der Waals surface area contributed by atoms with Crippen molar-refractivity contribution in [3.05, 3.63) is 108 Å². The molecule has 5 rings (SSSR count). The van der Waals surface area contributed by atoms with Gasteiger partial charge in [-0.05, 0) is 71.4 Å². The lowest BCUT2D eigenvalue weighted by molar-refractivity contribution is -0.128. The molecule has 0 aliphatic heterocycles. The summed E-state index contributed by atoms with van der Waals surface area (Å²) in [6, 6.07) is 26.7. The lowest BCUT2D eigenvalue weighted by Gasteiger charge is -2.49. The van der Waals surface area contributed by atoms with Crippen molar-refractivity contribution in [2.75, 3.05) is 0 Å². The van der Waals surface area contributed by atoms with Crippen molar-refractivity contribution >= 4 is 5.78 Å². The van der Waals surface area contributed by atoms with E-state index in [2.05, 4.69) is 62.4 Å². The van der Waals surface area contributed by atoms with Gasteiger partial charge in [-0.2, -0.15) is 0 Å². The molecule has 3 aromatic carbocycles. The Morgan fingerprint density at radius 1 is 0.861 bits per heavy atom. The van der Waals surface area contributed by atoms with Crippen molar-refractivity contribution in [1.82, 2.24) is 0 Å². The van der Waals surface area contributed by atoms with Crippen molar-refractivity contribution in [3.8, 4) is 11.5 Å². The molecule has 0 unspecified atom stereocenters. The van der Waals surface area contributed by atoms with Crippen LogP contribution in [-0.2, 0) is 24.4 Å². The summed E-state index contributed by atoms with van der Waals surface area (Å²) < 4.78 is 12.6. The molecule has 0 saturated heterocycles. The second kappa shape index (κ2) is 10.7. The van der Waals surface area contributed by atoms with Crippen LogP contribution in [-0.4, -0.2) is 5.78 Å². The van der Waals surface area contributed by atoms with E-state index in [4.69, 9.17) is 9.47 Å². The molecule has 4 atom stereocenters. The Hall–Kier alpha value is -3.33. The third kappa shape index (κ3) is 5.26. The number of ether oxygens (including phenoxy) is 2. The molecule has 36 heavy (non-hydrogen) atoms. The summed E-state index contributed by atoms with van der Waals surface area (Å²) >= 11 is 0. The van der Waals surface area contributed by atoms with Gasteiger partial charge in [-0.25, -0.2) is 0 Å². The minimum Gasteiger partial charge on any atom is -0.489 e. The zero-order valence-electron chi connectivity index (χ0n) is 21.4. The molecule has 0 heterocycles. The average Bonchev–Trinajstić information content (AvgIpc) is 2.91. The predicted molar refractivity (Wildman–Crippen MR) is 144 cm³/mol. The minimum absolute atomic E-state index is 0.0294. The molecule has 3 heteroatoms. The fourth-order valence-corrected chi connectivity index (χ4v) is 6.00. The van der Waals surface area contributed by atoms with Crippen LogP contribution in [0, 0.1) is 23.2 Å². The SMILES string of the molecule is C[C@@H]1C=C[C@@H]2C(=O)CCC[C@H]2[C@]1(C)Cc1cc(OCc2ccccc2)ccc1OCc1ccccc1. The Labute approximate surface area is 215 Å². The van der Waals surface area contributed by atoms with Gasteiger partial charge in [0.15, 0.2) is 0 Å². The zero-order chi connectivity index (χ0) is 25.0. The average molecular weight is 481 g/mol. The van der Waals surface area contributed by atoms with Crippen LogP contribution in [0.15, 0.2) is 91.0 Å². The van der Waals surface area contributed by atoms with Gasteiger partial charge in [-0.1, -0.05) is 86.7 Å². The van der Waals surface area contributed by atoms with Crippen LogP contribution in [0.3, 0.4) is 0 Å². The molecule has 0 spiro atoms. The Kier molecular flexibility index (Phi) is 7.27. The molecule has 1 fully saturated rings. The van der Waals surface area contributed by atoms with Crippen LogP contribution >= 0.6 is 0 Å². The number of ketones is 1. The summed E-state index contributed by atoms with van der Waals surface area (Å²) in [5.41, 5.74) is 3.41. The quantitative estimate of drug-likeness (QED) is 0.312. The summed E-state index contributed by atoms with van der Waals surface area (Å²) in [5.74, 6) is 2.93. The van der Waals surface area contributed by atoms with Crippen molar-refractivity contribution in [1.29, 1.82) is 0 Å². The van der Waals surface area contributed by atoms with Crippen LogP contribution in [0.1, 0.15) is 49.8 Å². The van der Waals surface area contributed by atoms with E-state index in [1.54, 1.807) is 0 Å². The van der Waals surface area contributed by atoms with Gasteiger partial charge < -0.3 is 9.47 Å². The largest absolute Gasteiger partial charge is 0.489 e. The Morgan fingerprint density at radius 3 is 2.22 bits per heavy atom. The maximum Gasteiger partial charge on any atom is 0.140 e. The molecule has 1 saturated carbocycles. The lowest BCUT2D eigenvalue weighted by Crippen LogP contribution is -2.46. The molecule has 0 aromatic heterocycles. The number of rotatable bonds is 8. The minimum atomic E-state index is -0.0294. The van der Waals surface area contributed by atoms with E-state index in [0.29, 0.717) is 37.3 Å². The first-order valence-electron chi connectivity index (χ1n) is 13.2. The van der Waals surface area contributed by atoms with E-state index in [1.807, 2.05) is 42.5 Å². The van der Waals surface area contributed by atoms with Gasteiger partial charge >= 0.3 is 0 Å². The summed E-state index contributed by atoms with van der Waals surface area (Å²) in [6.45, 7) is 5.72. The summed E-state index contributed by atoms with van der Waals surface area (Å²) in [7, 11) is 0. The summed E-state index contributed by atoms with van der Waals surface area (Å²) in [5, 5.41) is 0. The van der Waals surface area contributed by atoms with Crippen LogP contribution in [0.25, 0.3) is 0 Å². The van der Waals surface area contributed by atoms with E-state index in [0.717, 1.165) is 47.5 Å². The Balaban J connectivity index is 1.43. The van der Waals surface area contributed by atoms with Crippen LogP contribution in [0.2, 0.25) is 0 Å². The van der Waals surface area contributed by atoms with Crippen LogP contribution in [0.5, 0.6) is 11.5 Å². The number of carbonyl (C=O) groups excluding carboxylic acids is 1. The van der Waals surface area contributed by atoms with Gasteiger partial charge in [0, 0.05) is 12.3 Å². The number of allylic oxidation sites excluding steroid dienone is 2. The number of benzene rings is 3. The molecule has 0 bridgehead atoms. The number of Topliss-reactive ketones (excluding diaryl/α,β-unsaturated/α-hetero) is 1. The molecule has 0 N–H and O–H groups in total. The Bertz CT molecular complexity index is 1200. The maximum absolute atomic E-state index is 12.8. The van der Waals surface area contributed by atoms with Gasteiger partial charge in [0.2, 0.25) is 0 Å². The van der Waals surface area contributed by atoms with Gasteiger partial charge in [0.25, 0.3) is 0 Å². The standard InChI is InChI=1S/C33H36O3/c1-24-16-18-29-30(14-9-15-31(29)34)33(24,2)21-27-20-28(35-22-25-10-5-3-6-11-25)17-19-32(27)36-23-26-12-7-4-8-13-26/h3-8,10-13,16-20,24,29-30H,9,14-15,21-23H2,1-2H3/t24-,29+,30-,33-/m1/s1. The van der Waals surface area contributed by atoms with Gasteiger partial charge in [-0.3, -0.25) is 4.79 Å². The van der Waals surface area contributed by atoms with Crippen LogP contribution in [0.4, 0.5) is 0 Å². The fourth-order valence-electron chi connectivity index (χ4n) is 6.00. The highest BCUT2D eigenvalue weighted by Crippen LogP contribution is 2.52. The number of carbonyl (C=O) groups is 1. The molecule has 2 aliphatic carbocycles. The lowest BCUT2D eigenvalue weighted by atomic mass is 9.55. The molecule has 0 amide bonds. The summed E-state index contributed by atoms with van der Waals surface area (Å²) in [6.07, 6.45) is 8.11. The molecular formula is C33H36O3. The first-order chi connectivity index (χ1) is 17.5. The molecule has 3 aromatic rings. The fraction of sp³-hybridized carbons (Fsp3) is 0.364. The van der Waals surface area contributed by atoms with E-state index in [1.165, 1.54) is 0 Å². The zero-order valence-corrected chi connectivity index (χ0v) is 21.4. The number of hydrogen-bond acceptors (Lipinski definition) is 3. The van der Waals surface area contributed by atoms with E-state index < -0.39 is 0 Å². The van der Waals surface area contributed by atoms with Gasteiger partial charge in [0.05, 0.1) is 0 Å². The molecule has 186 valence electrons. The van der Waals surface area contributed by atoms with E-state index in [9.17, 15) is 4.79 Å². The van der Waals surface area contributed by atoms with E-state index in [-0.39, 0.29) is 11.3 Å². The highest BCUT2D eigenvalue weighted by Gasteiger charge is 2.47. The van der Waals surface area contributed by atoms with Crippen molar-refractivity contribution in [3.63, 3.8) is 0 Å². The molecule has 2 aliphatic rings. The van der Waals surface area contributed by atoms with Crippen molar-refractivity contribution in [2.45, 2.75) is 52.7 Å². The third-order valence-electron chi connectivity index (χ3n) is 8.33. The second-order valence-electron chi connectivity index (χ2n) is 10.7. The molecule has 3 nitrogen and oxygen atoms in total. The van der Waals surface area contributed by atoms with Gasteiger partial charge in [0.1, 0.15) is 30.5 Å². The first kappa shape index (κ1) is 24.4. The van der Waals surface area contributed by atoms with Crippen LogP contribution < -0.4 is 9.47 Å². The molecule has 0 radical (unpaired) electrons. The molecular weight excluding hydrogens is 444 g/mol. The monoisotopic (exact) mass is 480 g/mol.